The van der Waals surface area contributed by atoms with Gasteiger partial charge in [-0.1, -0.05) is 6.92 Å². The van der Waals surface area contributed by atoms with Crippen LogP contribution in [-0.4, -0.2) is 53.6 Å². The highest BCUT2D eigenvalue weighted by atomic mass is 16.4. The summed E-state index contributed by atoms with van der Waals surface area (Å²) in [5.74, 6) is -0.826. The molecular weight excluding hydrogens is 262 g/mol. The van der Waals surface area contributed by atoms with Crippen LogP contribution in [0, 0.1) is 5.41 Å². The first-order chi connectivity index (χ1) is 9.47. The number of hydrogen-bond donors (Lipinski definition) is 3. The Morgan fingerprint density at radius 3 is 2.80 bits per heavy atom. The molecule has 2 saturated heterocycles. The summed E-state index contributed by atoms with van der Waals surface area (Å²) >= 11 is 0. The van der Waals surface area contributed by atoms with Crippen molar-refractivity contribution in [2.45, 2.75) is 38.6 Å². The summed E-state index contributed by atoms with van der Waals surface area (Å²) in [4.78, 5) is 36.1. The fourth-order valence-corrected chi connectivity index (χ4v) is 2.78. The van der Waals surface area contributed by atoms with E-state index in [1.54, 1.807) is 4.90 Å². The fourth-order valence-electron chi connectivity index (χ4n) is 2.78. The van der Waals surface area contributed by atoms with Gasteiger partial charge in [0.25, 0.3) is 0 Å². The lowest BCUT2D eigenvalue weighted by Gasteiger charge is -2.27. The molecule has 20 heavy (non-hydrogen) atoms. The number of nitrogens with one attached hydrogen (secondary N) is 2. The molecule has 0 aromatic rings. The third-order valence-electron chi connectivity index (χ3n) is 4.36. The summed E-state index contributed by atoms with van der Waals surface area (Å²) < 4.78 is 0. The lowest BCUT2D eigenvalue weighted by Crippen LogP contribution is -2.51. The van der Waals surface area contributed by atoms with Crippen molar-refractivity contribution < 1.29 is 19.5 Å². The first-order valence-corrected chi connectivity index (χ1v) is 7.02. The minimum atomic E-state index is -0.833. The van der Waals surface area contributed by atoms with Gasteiger partial charge in [-0.3, -0.25) is 9.59 Å². The first-order valence-electron chi connectivity index (χ1n) is 7.02. The van der Waals surface area contributed by atoms with E-state index in [1.807, 2.05) is 6.92 Å². The van der Waals surface area contributed by atoms with Crippen molar-refractivity contribution in [1.29, 1.82) is 0 Å². The van der Waals surface area contributed by atoms with Crippen LogP contribution in [0.2, 0.25) is 0 Å². The Morgan fingerprint density at radius 1 is 1.55 bits per heavy atom. The van der Waals surface area contributed by atoms with E-state index in [0.717, 1.165) is 0 Å². The van der Waals surface area contributed by atoms with Gasteiger partial charge in [-0.05, 0) is 19.3 Å². The van der Waals surface area contributed by atoms with Gasteiger partial charge in [-0.25, -0.2) is 4.79 Å². The second-order valence-electron chi connectivity index (χ2n) is 5.60. The zero-order valence-corrected chi connectivity index (χ0v) is 11.6. The Hall–Kier alpha value is -1.79. The van der Waals surface area contributed by atoms with Crippen molar-refractivity contribution in [3.8, 4) is 0 Å². The molecule has 0 aromatic heterocycles. The third-order valence-corrected chi connectivity index (χ3v) is 4.36. The molecule has 2 fully saturated rings. The summed E-state index contributed by atoms with van der Waals surface area (Å²) in [6, 6.07) is -0.302. The van der Waals surface area contributed by atoms with Crippen molar-refractivity contribution in [3.63, 3.8) is 0 Å². The van der Waals surface area contributed by atoms with Crippen LogP contribution >= 0.6 is 0 Å². The van der Waals surface area contributed by atoms with Crippen LogP contribution < -0.4 is 10.6 Å². The van der Waals surface area contributed by atoms with E-state index in [2.05, 4.69) is 10.6 Å². The van der Waals surface area contributed by atoms with Gasteiger partial charge in [-0.15, -0.1) is 0 Å². The molecule has 2 unspecified atom stereocenters. The molecule has 3 amide bonds. The number of aliphatic carboxylic acids is 1. The normalized spacial score (nSPS) is 29.9. The number of rotatable bonds is 3. The topological polar surface area (TPSA) is 98.7 Å². The molecule has 7 nitrogen and oxygen atoms in total. The van der Waals surface area contributed by atoms with E-state index < -0.39 is 11.4 Å². The summed E-state index contributed by atoms with van der Waals surface area (Å²) in [6.07, 6.45) is 2.06. The zero-order chi connectivity index (χ0) is 14.8. The second-order valence-corrected chi connectivity index (χ2v) is 5.60. The molecule has 0 aromatic carbocycles. The number of carbonyl (C=O) groups excluding carboxylic acids is 2. The molecule has 3 N–H and O–H groups in total. The molecule has 0 radical (unpaired) electrons. The molecule has 0 saturated carbocycles. The molecule has 7 heteroatoms. The number of piperidine rings is 1. The average Bonchev–Trinajstić information content (AvgIpc) is 2.87. The molecule has 112 valence electrons. The maximum atomic E-state index is 12.1. The van der Waals surface area contributed by atoms with Crippen molar-refractivity contribution in [3.05, 3.63) is 0 Å². The first kappa shape index (κ1) is 14.6. The smallest absolute Gasteiger partial charge is 0.317 e. The standard InChI is InChI=1S/C13H21N3O4/c1-2-13(11(18)19)5-6-16(8-13)12(20)15-9-3-4-10(17)14-7-9/h9H,2-8H2,1H3,(H,14,17)(H,15,20)(H,18,19). The maximum absolute atomic E-state index is 12.1. The molecule has 0 spiro atoms. The van der Waals surface area contributed by atoms with Gasteiger partial charge in [0.05, 0.1) is 5.41 Å². The number of urea groups is 1. The van der Waals surface area contributed by atoms with Crippen LogP contribution in [0.4, 0.5) is 4.79 Å². The predicted molar refractivity (Wildman–Crippen MR) is 71.1 cm³/mol. The Morgan fingerprint density at radius 2 is 2.30 bits per heavy atom. The van der Waals surface area contributed by atoms with Gasteiger partial charge in [0.1, 0.15) is 0 Å². The van der Waals surface area contributed by atoms with Crippen molar-refractivity contribution in [2.75, 3.05) is 19.6 Å². The largest absolute Gasteiger partial charge is 0.481 e. The highest BCUT2D eigenvalue weighted by Gasteiger charge is 2.45. The third kappa shape index (κ3) is 2.86. The second kappa shape index (κ2) is 5.68. The Bertz CT molecular complexity index is 416. The number of carboxylic acid groups (broad SMARTS) is 1. The number of nitrogens with zero attached hydrogens (tertiary/aromatic N) is 1. The minimum absolute atomic E-state index is 0.00699. The molecule has 2 atom stereocenters. The van der Waals surface area contributed by atoms with Crippen molar-refractivity contribution >= 4 is 17.9 Å². The van der Waals surface area contributed by atoms with E-state index in [-0.39, 0.29) is 24.5 Å². The van der Waals surface area contributed by atoms with E-state index in [4.69, 9.17) is 0 Å². The highest BCUT2D eigenvalue weighted by Crippen LogP contribution is 2.34. The van der Waals surface area contributed by atoms with E-state index in [1.165, 1.54) is 0 Å². The van der Waals surface area contributed by atoms with E-state index in [0.29, 0.717) is 38.8 Å². The van der Waals surface area contributed by atoms with Crippen LogP contribution in [0.5, 0.6) is 0 Å². The Labute approximate surface area is 117 Å². The van der Waals surface area contributed by atoms with Crippen LogP contribution in [-0.2, 0) is 9.59 Å². The van der Waals surface area contributed by atoms with E-state index >= 15 is 0 Å². The molecule has 2 aliphatic rings. The zero-order valence-electron chi connectivity index (χ0n) is 11.6. The highest BCUT2D eigenvalue weighted by molar-refractivity contribution is 5.80. The van der Waals surface area contributed by atoms with Crippen LogP contribution in [0.25, 0.3) is 0 Å². The predicted octanol–water partition coefficient (Wildman–Crippen LogP) is 0.161. The SMILES string of the molecule is CCC1(C(=O)O)CCN(C(=O)NC2CCC(=O)NC2)C1. The number of likely N-dealkylation sites (tertiary alicyclic amines) is 1. The number of carboxylic acids is 1. The molecule has 2 aliphatic heterocycles. The lowest BCUT2D eigenvalue weighted by atomic mass is 9.84. The molecule has 2 rings (SSSR count). The van der Waals surface area contributed by atoms with Gasteiger partial charge < -0.3 is 20.6 Å². The van der Waals surface area contributed by atoms with E-state index in [9.17, 15) is 19.5 Å². The summed E-state index contributed by atoms with van der Waals surface area (Å²) in [6.45, 7) is 3.00. The maximum Gasteiger partial charge on any atom is 0.317 e. The Kier molecular flexibility index (Phi) is 4.15. The number of carbonyl (C=O) groups is 3. The summed E-state index contributed by atoms with van der Waals surface area (Å²) in [7, 11) is 0. The van der Waals surface area contributed by atoms with Crippen molar-refractivity contribution in [1.82, 2.24) is 15.5 Å². The number of amides is 3. The number of hydrogen-bond acceptors (Lipinski definition) is 3. The quantitative estimate of drug-likeness (QED) is 0.687. The van der Waals surface area contributed by atoms with Gasteiger partial charge in [-0.2, -0.15) is 0 Å². The molecule has 0 aliphatic carbocycles. The average molecular weight is 283 g/mol. The molecular formula is C13H21N3O4. The van der Waals surface area contributed by atoms with Crippen LogP contribution in [0.3, 0.4) is 0 Å². The molecule has 0 bridgehead atoms. The van der Waals surface area contributed by atoms with Crippen LogP contribution in [0.15, 0.2) is 0 Å². The lowest BCUT2D eigenvalue weighted by molar-refractivity contribution is -0.148. The van der Waals surface area contributed by atoms with Gasteiger partial charge in [0, 0.05) is 32.1 Å². The monoisotopic (exact) mass is 283 g/mol. The summed E-state index contributed by atoms with van der Waals surface area (Å²) in [5, 5.41) is 14.9. The molecule has 2 heterocycles. The minimum Gasteiger partial charge on any atom is -0.481 e. The summed E-state index contributed by atoms with van der Waals surface area (Å²) in [5.41, 5.74) is -0.807. The Balaban J connectivity index is 1.88. The van der Waals surface area contributed by atoms with Gasteiger partial charge in [0.15, 0.2) is 0 Å². The van der Waals surface area contributed by atoms with Gasteiger partial charge in [0.2, 0.25) is 5.91 Å². The van der Waals surface area contributed by atoms with Gasteiger partial charge >= 0.3 is 12.0 Å². The fraction of sp³-hybridized carbons (Fsp3) is 0.769. The van der Waals surface area contributed by atoms with Crippen molar-refractivity contribution in [2.24, 2.45) is 5.41 Å². The van der Waals surface area contributed by atoms with Crippen LogP contribution in [0.1, 0.15) is 32.6 Å².